The highest BCUT2D eigenvalue weighted by Crippen LogP contribution is 2.38. The maximum absolute atomic E-state index is 11.6. The second-order valence-corrected chi connectivity index (χ2v) is 4.56. The molecule has 3 nitrogen and oxygen atoms in total. The minimum Gasteiger partial charge on any atom is -0.325 e. The van der Waals surface area contributed by atoms with Crippen LogP contribution in [-0.4, -0.2) is 41.5 Å². The van der Waals surface area contributed by atoms with Crippen LogP contribution in [0.4, 0.5) is 4.79 Å². The summed E-state index contributed by atoms with van der Waals surface area (Å²) in [5, 5.41) is 0. The van der Waals surface area contributed by atoms with E-state index >= 15 is 0 Å². The third kappa shape index (κ3) is 0.853. The van der Waals surface area contributed by atoms with Crippen LogP contribution in [0.2, 0.25) is 0 Å². The van der Waals surface area contributed by atoms with Gasteiger partial charge in [0.25, 0.3) is 0 Å². The molecule has 0 radical (unpaired) electrons. The summed E-state index contributed by atoms with van der Waals surface area (Å²) in [5.74, 6) is 0.674. The fourth-order valence-corrected chi connectivity index (χ4v) is 2.70. The Hall–Kier alpha value is -0.730. The molecule has 0 N–H and O–H groups in total. The highest BCUT2D eigenvalue weighted by Gasteiger charge is 2.49. The molecule has 2 heterocycles. The molecule has 0 aromatic heterocycles. The molecule has 0 aliphatic carbocycles. The maximum Gasteiger partial charge on any atom is 0.320 e. The first-order chi connectivity index (χ1) is 5.53. The van der Waals surface area contributed by atoms with Gasteiger partial charge >= 0.3 is 6.03 Å². The first-order valence-corrected chi connectivity index (χ1v) is 4.56. The molecule has 2 fully saturated rings. The van der Waals surface area contributed by atoms with Gasteiger partial charge in [-0.3, -0.25) is 0 Å². The molecule has 2 atom stereocenters. The summed E-state index contributed by atoms with van der Waals surface area (Å²) in [5.41, 5.74) is 0.130. The van der Waals surface area contributed by atoms with Gasteiger partial charge in [0.2, 0.25) is 0 Å². The number of nitrogens with zero attached hydrogens (tertiary/aromatic N) is 2. The minimum atomic E-state index is 0.130. The summed E-state index contributed by atoms with van der Waals surface area (Å²) in [6, 6.07) is 0.210. The zero-order chi connectivity index (χ0) is 8.93. The van der Waals surface area contributed by atoms with Crippen molar-refractivity contribution < 1.29 is 4.79 Å². The van der Waals surface area contributed by atoms with Crippen molar-refractivity contribution in [3.05, 3.63) is 0 Å². The summed E-state index contributed by atoms with van der Waals surface area (Å²) in [6.07, 6.45) is 1.16. The van der Waals surface area contributed by atoms with Crippen LogP contribution in [0, 0.1) is 5.92 Å². The Morgan fingerprint density at radius 1 is 1.58 bits per heavy atom. The van der Waals surface area contributed by atoms with Gasteiger partial charge < -0.3 is 9.80 Å². The van der Waals surface area contributed by atoms with Crippen LogP contribution in [0.5, 0.6) is 0 Å². The zero-order valence-corrected chi connectivity index (χ0v) is 8.00. The molecule has 2 unspecified atom stereocenters. The molecule has 2 aliphatic rings. The number of hydrogen-bond donors (Lipinski definition) is 0. The van der Waals surface area contributed by atoms with Crippen molar-refractivity contribution in [2.75, 3.05) is 20.1 Å². The van der Waals surface area contributed by atoms with Gasteiger partial charge in [-0.2, -0.15) is 0 Å². The van der Waals surface area contributed by atoms with E-state index in [2.05, 4.69) is 13.8 Å². The van der Waals surface area contributed by atoms with Gasteiger partial charge in [0.15, 0.2) is 0 Å². The van der Waals surface area contributed by atoms with Crippen LogP contribution >= 0.6 is 0 Å². The largest absolute Gasteiger partial charge is 0.325 e. The molecule has 2 aliphatic heterocycles. The first kappa shape index (κ1) is 7.90. The van der Waals surface area contributed by atoms with Crippen molar-refractivity contribution in [3.63, 3.8) is 0 Å². The lowest BCUT2D eigenvalue weighted by atomic mass is 9.96. The zero-order valence-electron chi connectivity index (χ0n) is 8.00. The van der Waals surface area contributed by atoms with E-state index in [0.29, 0.717) is 5.92 Å². The Morgan fingerprint density at radius 3 is 2.83 bits per heavy atom. The molecule has 0 aromatic carbocycles. The quantitative estimate of drug-likeness (QED) is 0.532. The molecule has 2 rings (SSSR count). The average molecular weight is 168 g/mol. The fourth-order valence-electron chi connectivity index (χ4n) is 2.70. The Balaban J connectivity index is 2.26. The topological polar surface area (TPSA) is 23.6 Å². The number of likely N-dealkylation sites (N-methyl/N-ethyl adjacent to an activating group) is 1. The summed E-state index contributed by atoms with van der Waals surface area (Å²) in [7, 11) is 1.89. The molecule has 0 aromatic rings. The summed E-state index contributed by atoms with van der Waals surface area (Å²) < 4.78 is 0. The molecule has 12 heavy (non-hydrogen) atoms. The molecule has 2 saturated heterocycles. The van der Waals surface area contributed by atoms with Crippen molar-refractivity contribution in [2.45, 2.75) is 25.8 Å². The van der Waals surface area contributed by atoms with Gasteiger partial charge in [0.05, 0.1) is 5.54 Å². The van der Waals surface area contributed by atoms with Gasteiger partial charge in [-0.05, 0) is 19.3 Å². The summed E-state index contributed by atoms with van der Waals surface area (Å²) in [4.78, 5) is 15.4. The standard InChI is InChI=1S/C9H16N2O/c1-7-4-9(2)6-10(3)8(12)11(9)5-7/h7H,4-6H2,1-3H3. The highest BCUT2D eigenvalue weighted by atomic mass is 16.2. The Kier molecular flexibility index (Phi) is 1.41. The van der Waals surface area contributed by atoms with E-state index < -0.39 is 0 Å². The summed E-state index contributed by atoms with van der Waals surface area (Å²) in [6.45, 7) is 6.25. The van der Waals surface area contributed by atoms with Crippen molar-refractivity contribution in [3.8, 4) is 0 Å². The van der Waals surface area contributed by atoms with Crippen LogP contribution in [0.25, 0.3) is 0 Å². The number of fused-ring (bicyclic) bond motifs is 1. The number of rotatable bonds is 0. The van der Waals surface area contributed by atoms with Crippen molar-refractivity contribution >= 4 is 6.03 Å². The van der Waals surface area contributed by atoms with Gasteiger partial charge in [0, 0.05) is 20.1 Å². The van der Waals surface area contributed by atoms with Crippen LogP contribution in [0.1, 0.15) is 20.3 Å². The Morgan fingerprint density at radius 2 is 2.25 bits per heavy atom. The molecule has 0 bridgehead atoms. The molecule has 0 saturated carbocycles. The van der Waals surface area contributed by atoms with Crippen molar-refractivity contribution in [1.82, 2.24) is 9.80 Å². The lowest BCUT2D eigenvalue weighted by Gasteiger charge is -2.24. The number of hydrogen-bond acceptors (Lipinski definition) is 1. The number of urea groups is 1. The van der Waals surface area contributed by atoms with E-state index in [1.165, 1.54) is 0 Å². The van der Waals surface area contributed by atoms with E-state index in [0.717, 1.165) is 19.5 Å². The smallest absolute Gasteiger partial charge is 0.320 e. The highest BCUT2D eigenvalue weighted by molar-refractivity contribution is 5.78. The van der Waals surface area contributed by atoms with Crippen molar-refractivity contribution in [1.29, 1.82) is 0 Å². The first-order valence-electron chi connectivity index (χ1n) is 4.56. The minimum absolute atomic E-state index is 0.130. The number of carbonyl (C=O) groups excluding carboxylic acids is 1. The molecular formula is C9H16N2O. The van der Waals surface area contributed by atoms with E-state index in [4.69, 9.17) is 0 Å². The van der Waals surface area contributed by atoms with Crippen LogP contribution in [-0.2, 0) is 0 Å². The lowest BCUT2D eigenvalue weighted by Crippen LogP contribution is -2.38. The van der Waals surface area contributed by atoms with Gasteiger partial charge in [-0.25, -0.2) is 4.79 Å². The molecule has 3 heteroatoms. The third-order valence-electron chi connectivity index (χ3n) is 3.07. The number of carbonyl (C=O) groups is 1. The predicted octanol–water partition coefficient (Wildman–Crippen LogP) is 1.15. The van der Waals surface area contributed by atoms with E-state index in [1.807, 2.05) is 16.8 Å². The SMILES string of the molecule is CC1CN2C(=O)N(C)CC2(C)C1. The Labute approximate surface area is 73.3 Å². The van der Waals surface area contributed by atoms with Crippen LogP contribution < -0.4 is 0 Å². The van der Waals surface area contributed by atoms with Gasteiger partial charge in [-0.1, -0.05) is 6.92 Å². The fraction of sp³-hybridized carbons (Fsp3) is 0.889. The van der Waals surface area contributed by atoms with Gasteiger partial charge in [-0.15, -0.1) is 0 Å². The van der Waals surface area contributed by atoms with Crippen LogP contribution in [0.15, 0.2) is 0 Å². The Bertz CT molecular complexity index is 229. The van der Waals surface area contributed by atoms with Gasteiger partial charge in [0.1, 0.15) is 0 Å². The third-order valence-corrected chi connectivity index (χ3v) is 3.07. The maximum atomic E-state index is 11.6. The van der Waals surface area contributed by atoms with E-state index in [9.17, 15) is 4.79 Å². The van der Waals surface area contributed by atoms with E-state index in [1.54, 1.807) is 0 Å². The monoisotopic (exact) mass is 168 g/mol. The van der Waals surface area contributed by atoms with E-state index in [-0.39, 0.29) is 11.6 Å². The second-order valence-electron chi connectivity index (χ2n) is 4.56. The average Bonchev–Trinajstić information content (AvgIpc) is 2.31. The molecule has 2 amide bonds. The summed E-state index contributed by atoms with van der Waals surface area (Å²) >= 11 is 0. The predicted molar refractivity (Wildman–Crippen MR) is 46.9 cm³/mol. The van der Waals surface area contributed by atoms with Crippen LogP contribution in [0.3, 0.4) is 0 Å². The second kappa shape index (κ2) is 2.15. The molecule has 0 spiro atoms. The lowest BCUT2D eigenvalue weighted by molar-refractivity contribution is 0.188. The van der Waals surface area contributed by atoms with Crippen molar-refractivity contribution in [2.24, 2.45) is 5.92 Å². The molecule has 68 valence electrons. The number of amides is 2. The normalized spacial score (nSPS) is 40.9. The molecular weight excluding hydrogens is 152 g/mol.